The van der Waals surface area contributed by atoms with E-state index in [1.165, 1.54) is 24.7 Å². The molecule has 1 aromatic heterocycles. The first-order valence-corrected chi connectivity index (χ1v) is 11.5. The van der Waals surface area contributed by atoms with Crippen LogP contribution in [0.1, 0.15) is 30.5 Å². The van der Waals surface area contributed by atoms with Crippen LogP contribution < -0.4 is 27.4 Å². The van der Waals surface area contributed by atoms with E-state index in [0.29, 0.717) is 30.6 Å². The number of unbranched alkanes of at least 4 members (excludes halogenated alkanes) is 1. The molecule has 1 heterocycles. The Hall–Kier alpha value is -3.97. The summed E-state index contributed by atoms with van der Waals surface area (Å²) in [5.41, 5.74) is 12.8. The SMILES string of the molecule is NCCCCC(NC(=O)C(Cc1ccc(O)cc1)NC(=O)C(N)Cc1cnc[nH]1)C(=O)NCC(=O)O. The molecule has 36 heavy (non-hydrogen) atoms. The molecule has 1 aromatic carbocycles. The second kappa shape index (κ2) is 14.4. The average molecular weight is 504 g/mol. The number of carboxylic acids is 1. The molecule has 196 valence electrons. The van der Waals surface area contributed by atoms with Crippen molar-refractivity contribution in [1.29, 1.82) is 0 Å². The molecule has 0 aliphatic carbocycles. The van der Waals surface area contributed by atoms with Crippen molar-refractivity contribution in [2.45, 2.75) is 50.2 Å². The molecule has 13 nitrogen and oxygen atoms in total. The lowest BCUT2D eigenvalue weighted by Gasteiger charge is -2.24. The molecule has 0 aliphatic rings. The number of carboxylic acid groups (broad SMARTS) is 1. The lowest BCUT2D eigenvalue weighted by Crippen LogP contribution is -2.57. The summed E-state index contributed by atoms with van der Waals surface area (Å²) >= 11 is 0. The lowest BCUT2D eigenvalue weighted by molar-refractivity contribution is -0.138. The fraction of sp³-hybridized carbons (Fsp3) is 0.435. The number of imidazole rings is 1. The Labute approximate surface area is 208 Å². The van der Waals surface area contributed by atoms with E-state index in [-0.39, 0.29) is 25.0 Å². The van der Waals surface area contributed by atoms with Gasteiger partial charge in [-0.1, -0.05) is 12.1 Å². The number of nitrogens with two attached hydrogens (primary N) is 2. The van der Waals surface area contributed by atoms with E-state index >= 15 is 0 Å². The molecule has 0 radical (unpaired) electrons. The van der Waals surface area contributed by atoms with Crippen LogP contribution in [0.4, 0.5) is 0 Å². The Morgan fingerprint density at radius 2 is 1.67 bits per heavy atom. The van der Waals surface area contributed by atoms with Gasteiger partial charge < -0.3 is 42.6 Å². The standard InChI is InChI=1S/C23H33N7O6/c24-8-2-1-3-18(22(35)27-12-20(32)33)29-23(36)19(9-14-4-6-16(31)7-5-14)30-21(34)17(25)10-15-11-26-13-28-15/h4-7,11,13,17-19,31H,1-3,8-10,12,24-25H2,(H,26,28)(H,27,35)(H,29,36)(H,30,34)(H,32,33). The van der Waals surface area contributed by atoms with E-state index in [2.05, 4.69) is 25.9 Å². The highest BCUT2D eigenvalue weighted by Gasteiger charge is 2.28. The summed E-state index contributed by atoms with van der Waals surface area (Å²) in [5.74, 6) is -3.07. The fourth-order valence-corrected chi connectivity index (χ4v) is 3.40. The van der Waals surface area contributed by atoms with Crippen LogP contribution in [-0.2, 0) is 32.0 Å². The van der Waals surface area contributed by atoms with Gasteiger partial charge in [-0.05, 0) is 43.5 Å². The van der Waals surface area contributed by atoms with E-state index in [4.69, 9.17) is 16.6 Å². The van der Waals surface area contributed by atoms with Crippen LogP contribution in [0.25, 0.3) is 0 Å². The Morgan fingerprint density at radius 3 is 2.28 bits per heavy atom. The fourth-order valence-electron chi connectivity index (χ4n) is 3.40. The molecule has 0 fully saturated rings. The van der Waals surface area contributed by atoms with E-state index in [1.807, 2.05) is 0 Å². The molecule has 2 aromatic rings. The van der Waals surface area contributed by atoms with Crippen molar-refractivity contribution in [2.75, 3.05) is 13.1 Å². The zero-order valence-electron chi connectivity index (χ0n) is 19.8. The third-order valence-electron chi connectivity index (χ3n) is 5.33. The number of amides is 3. The Morgan fingerprint density at radius 1 is 0.972 bits per heavy atom. The van der Waals surface area contributed by atoms with E-state index in [9.17, 15) is 24.3 Å². The number of nitrogens with one attached hydrogen (secondary N) is 4. The van der Waals surface area contributed by atoms with Gasteiger partial charge in [-0.2, -0.15) is 0 Å². The topological polar surface area (TPSA) is 226 Å². The van der Waals surface area contributed by atoms with Gasteiger partial charge in [0.25, 0.3) is 0 Å². The second-order valence-electron chi connectivity index (χ2n) is 8.28. The Bertz CT molecular complexity index is 997. The number of benzene rings is 1. The summed E-state index contributed by atoms with van der Waals surface area (Å²) in [7, 11) is 0. The zero-order valence-corrected chi connectivity index (χ0v) is 19.8. The zero-order chi connectivity index (χ0) is 26.5. The smallest absolute Gasteiger partial charge is 0.322 e. The number of phenolic OH excluding ortho intramolecular Hbond substituents is 1. The van der Waals surface area contributed by atoms with Gasteiger partial charge in [0.15, 0.2) is 0 Å². The van der Waals surface area contributed by atoms with Crippen molar-refractivity contribution < 1.29 is 29.4 Å². The summed E-state index contributed by atoms with van der Waals surface area (Å²) in [6.07, 6.45) is 4.57. The van der Waals surface area contributed by atoms with Gasteiger partial charge in [0.2, 0.25) is 17.7 Å². The molecule has 2 rings (SSSR count). The monoisotopic (exact) mass is 503 g/mol. The predicted octanol–water partition coefficient (Wildman–Crippen LogP) is -1.47. The van der Waals surface area contributed by atoms with Crippen LogP contribution in [0.15, 0.2) is 36.8 Å². The van der Waals surface area contributed by atoms with Crippen LogP contribution in [0.2, 0.25) is 0 Å². The molecule has 13 heteroatoms. The number of aromatic amines is 1. The number of aromatic nitrogens is 2. The summed E-state index contributed by atoms with van der Waals surface area (Å²) in [6.45, 7) is -0.205. The maximum Gasteiger partial charge on any atom is 0.322 e. The second-order valence-corrected chi connectivity index (χ2v) is 8.28. The molecule has 0 aliphatic heterocycles. The summed E-state index contributed by atoms with van der Waals surface area (Å²) in [6, 6.07) is 3.01. The third-order valence-corrected chi connectivity index (χ3v) is 5.33. The van der Waals surface area contributed by atoms with E-state index in [1.54, 1.807) is 12.1 Å². The quantitative estimate of drug-likeness (QED) is 0.132. The molecule has 3 unspecified atom stereocenters. The number of rotatable bonds is 15. The molecule has 0 spiro atoms. The number of aromatic hydroxyl groups is 1. The van der Waals surface area contributed by atoms with E-state index in [0.717, 1.165) is 0 Å². The van der Waals surface area contributed by atoms with Crippen LogP contribution in [-0.4, -0.2) is 75.1 Å². The van der Waals surface area contributed by atoms with Gasteiger partial charge in [-0.15, -0.1) is 0 Å². The highest BCUT2D eigenvalue weighted by Crippen LogP contribution is 2.12. The Balaban J connectivity index is 2.16. The lowest BCUT2D eigenvalue weighted by atomic mass is 10.0. The van der Waals surface area contributed by atoms with Crippen molar-refractivity contribution in [3.05, 3.63) is 48.0 Å². The summed E-state index contributed by atoms with van der Waals surface area (Å²) in [5, 5.41) is 25.9. The number of aliphatic carboxylic acids is 1. The number of H-pyrrole nitrogens is 1. The average Bonchev–Trinajstić information content (AvgIpc) is 3.35. The number of hydrogen-bond donors (Lipinski definition) is 8. The molecule has 3 amide bonds. The first-order chi connectivity index (χ1) is 17.2. The van der Waals surface area contributed by atoms with Crippen molar-refractivity contribution in [3.63, 3.8) is 0 Å². The number of hydrogen-bond acceptors (Lipinski definition) is 8. The van der Waals surface area contributed by atoms with Crippen molar-refractivity contribution in [1.82, 2.24) is 25.9 Å². The van der Waals surface area contributed by atoms with Gasteiger partial charge in [0, 0.05) is 24.7 Å². The number of phenols is 1. The van der Waals surface area contributed by atoms with Gasteiger partial charge >= 0.3 is 5.97 Å². The van der Waals surface area contributed by atoms with Gasteiger partial charge in [0.05, 0.1) is 12.4 Å². The van der Waals surface area contributed by atoms with Crippen molar-refractivity contribution >= 4 is 23.7 Å². The van der Waals surface area contributed by atoms with Crippen LogP contribution >= 0.6 is 0 Å². The molecule has 10 N–H and O–H groups in total. The largest absolute Gasteiger partial charge is 0.508 e. The normalized spacial score (nSPS) is 13.3. The van der Waals surface area contributed by atoms with Gasteiger partial charge in [-0.3, -0.25) is 19.2 Å². The number of carbonyl (C=O) groups excluding carboxylic acids is 3. The summed E-state index contributed by atoms with van der Waals surface area (Å²) < 4.78 is 0. The predicted molar refractivity (Wildman–Crippen MR) is 129 cm³/mol. The maximum atomic E-state index is 13.2. The maximum absolute atomic E-state index is 13.2. The van der Waals surface area contributed by atoms with Crippen molar-refractivity contribution in [3.8, 4) is 5.75 Å². The third kappa shape index (κ3) is 9.72. The van der Waals surface area contributed by atoms with Crippen LogP contribution in [0.3, 0.4) is 0 Å². The molecule has 0 bridgehead atoms. The van der Waals surface area contributed by atoms with Gasteiger partial charge in [0.1, 0.15) is 24.4 Å². The van der Waals surface area contributed by atoms with Crippen LogP contribution in [0, 0.1) is 0 Å². The molecule has 0 saturated heterocycles. The molecule has 3 atom stereocenters. The molecule has 0 saturated carbocycles. The summed E-state index contributed by atoms with van der Waals surface area (Å²) in [4.78, 5) is 56.1. The highest BCUT2D eigenvalue weighted by atomic mass is 16.4. The number of nitrogens with zero attached hydrogens (tertiary/aromatic N) is 1. The van der Waals surface area contributed by atoms with E-state index < -0.39 is 48.4 Å². The minimum absolute atomic E-state index is 0.0421. The van der Waals surface area contributed by atoms with Crippen molar-refractivity contribution in [2.24, 2.45) is 11.5 Å². The first-order valence-electron chi connectivity index (χ1n) is 11.5. The number of carbonyl (C=O) groups is 4. The minimum atomic E-state index is -1.22. The molecular formula is C23H33N7O6. The minimum Gasteiger partial charge on any atom is -0.508 e. The first kappa shape index (κ1) is 28.3. The highest BCUT2D eigenvalue weighted by molar-refractivity contribution is 5.93. The van der Waals surface area contributed by atoms with Gasteiger partial charge in [-0.25, -0.2) is 4.98 Å². The van der Waals surface area contributed by atoms with Crippen LogP contribution in [0.5, 0.6) is 5.75 Å². The molecular weight excluding hydrogens is 470 g/mol. The Kier molecular flexibility index (Phi) is 11.3.